The monoisotopic (exact) mass is 526 g/mol. The van der Waals surface area contributed by atoms with Gasteiger partial charge in [0.25, 0.3) is 0 Å². The van der Waals surface area contributed by atoms with Gasteiger partial charge in [-0.1, -0.05) is 79.2 Å². The van der Waals surface area contributed by atoms with E-state index in [-0.39, 0.29) is 36.0 Å². The van der Waals surface area contributed by atoms with Crippen LogP contribution in [0.4, 0.5) is 4.39 Å². The van der Waals surface area contributed by atoms with Gasteiger partial charge in [-0.15, -0.1) is 11.8 Å². The number of hydrogen-bond acceptors (Lipinski definition) is 3. The van der Waals surface area contributed by atoms with Crippen molar-refractivity contribution in [2.75, 3.05) is 5.75 Å². The molecule has 0 unspecified atom stereocenters. The fraction of sp³-hybridized carbons (Fsp3) is 0.310. The average molecular weight is 527 g/mol. The molecule has 3 aromatic carbocycles. The van der Waals surface area contributed by atoms with Gasteiger partial charge in [0.05, 0.1) is 5.75 Å². The van der Waals surface area contributed by atoms with E-state index in [0.29, 0.717) is 17.2 Å². The summed E-state index contributed by atoms with van der Waals surface area (Å²) >= 11 is 7.89. The Morgan fingerprint density at radius 2 is 1.64 bits per heavy atom. The minimum atomic E-state index is -0.698. The Labute approximate surface area is 222 Å². The normalized spacial score (nSPS) is 12.6. The Kier molecular flexibility index (Phi) is 10.8. The molecule has 0 heterocycles. The second kappa shape index (κ2) is 14.0. The van der Waals surface area contributed by atoms with Gasteiger partial charge in [-0.2, -0.15) is 0 Å². The van der Waals surface area contributed by atoms with Crippen LogP contribution in [-0.2, 0) is 28.3 Å². The van der Waals surface area contributed by atoms with Gasteiger partial charge < -0.3 is 10.2 Å². The third kappa shape index (κ3) is 8.38. The molecule has 4 nitrogen and oxygen atoms in total. The van der Waals surface area contributed by atoms with Crippen LogP contribution in [0, 0.1) is 5.82 Å². The molecule has 2 atom stereocenters. The van der Waals surface area contributed by atoms with Gasteiger partial charge in [-0.05, 0) is 48.2 Å². The van der Waals surface area contributed by atoms with Gasteiger partial charge >= 0.3 is 0 Å². The summed E-state index contributed by atoms with van der Waals surface area (Å²) in [6.45, 7) is 4.19. The van der Waals surface area contributed by atoms with Crippen LogP contribution < -0.4 is 5.32 Å². The third-order valence-corrected chi connectivity index (χ3v) is 7.34. The number of benzene rings is 3. The van der Waals surface area contributed by atoms with Crippen molar-refractivity contribution in [3.8, 4) is 0 Å². The zero-order valence-electron chi connectivity index (χ0n) is 20.6. The Balaban J connectivity index is 1.86. The van der Waals surface area contributed by atoms with Crippen LogP contribution in [0.5, 0.6) is 0 Å². The molecular weight excluding hydrogens is 495 g/mol. The van der Waals surface area contributed by atoms with Crippen molar-refractivity contribution < 1.29 is 14.0 Å². The zero-order valence-corrected chi connectivity index (χ0v) is 22.2. The summed E-state index contributed by atoms with van der Waals surface area (Å²) in [6.07, 6.45) is 1.18. The van der Waals surface area contributed by atoms with Crippen LogP contribution in [-0.4, -0.2) is 34.6 Å². The maximum atomic E-state index is 13.6. The Morgan fingerprint density at radius 3 is 2.31 bits per heavy atom. The van der Waals surface area contributed by atoms with Crippen LogP contribution in [0.15, 0.2) is 78.9 Å². The summed E-state index contributed by atoms with van der Waals surface area (Å²) in [6, 6.07) is 22.6. The number of carbonyl (C=O) groups excluding carboxylic acids is 2. The van der Waals surface area contributed by atoms with Gasteiger partial charge in [-0.25, -0.2) is 4.39 Å². The highest BCUT2D eigenvalue weighted by molar-refractivity contribution is 7.99. The number of hydrogen-bond donors (Lipinski definition) is 1. The minimum absolute atomic E-state index is 0.0131. The molecule has 0 saturated heterocycles. The smallest absolute Gasteiger partial charge is 0.243 e. The van der Waals surface area contributed by atoms with Gasteiger partial charge in [-0.3, -0.25) is 9.59 Å². The SMILES string of the molecule is CC[C@H](C)NC(=O)[C@H](Cc1ccccc1)N(Cc1ccccc1Cl)C(=O)CSCc1ccc(F)cc1. The summed E-state index contributed by atoms with van der Waals surface area (Å²) in [5.41, 5.74) is 2.69. The van der Waals surface area contributed by atoms with Crippen molar-refractivity contribution >= 4 is 35.2 Å². The molecule has 190 valence electrons. The maximum absolute atomic E-state index is 13.6. The Bertz CT molecular complexity index is 1130. The van der Waals surface area contributed by atoms with Crippen LogP contribution in [0.1, 0.15) is 37.0 Å². The lowest BCUT2D eigenvalue weighted by Crippen LogP contribution is -2.52. The van der Waals surface area contributed by atoms with Crippen molar-refractivity contribution in [2.24, 2.45) is 0 Å². The highest BCUT2D eigenvalue weighted by Crippen LogP contribution is 2.22. The molecule has 2 amide bonds. The van der Waals surface area contributed by atoms with E-state index in [9.17, 15) is 14.0 Å². The molecule has 3 aromatic rings. The van der Waals surface area contributed by atoms with Crippen molar-refractivity contribution in [3.05, 3.63) is 106 Å². The molecule has 0 aromatic heterocycles. The van der Waals surface area contributed by atoms with E-state index < -0.39 is 6.04 Å². The molecule has 0 fully saturated rings. The topological polar surface area (TPSA) is 49.4 Å². The molecule has 36 heavy (non-hydrogen) atoms. The zero-order chi connectivity index (χ0) is 25.9. The predicted molar refractivity (Wildman–Crippen MR) is 146 cm³/mol. The molecule has 0 spiro atoms. The Morgan fingerprint density at radius 1 is 0.972 bits per heavy atom. The molecule has 7 heteroatoms. The number of nitrogens with zero attached hydrogens (tertiary/aromatic N) is 1. The van der Waals surface area contributed by atoms with E-state index in [1.54, 1.807) is 23.1 Å². The average Bonchev–Trinajstić information content (AvgIpc) is 2.88. The van der Waals surface area contributed by atoms with Crippen molar-refractivity contribution in [1.82, 2.24) is 10.2 Å². The van der Waals surface area contributed by atoms with Gasteiger partial charge in [0.2, 0.25) is 11.8 Å². The predicted octanol–water partition coefficient (Wildman–Crippen LogP) is 6.27. The van der Waals surface area contributed by atoms with Crippen LogP contribution >= 0.6 is 23.4 Å². The fourth-order valence-corrected chi connectivity index (χ4v) is 4.79. The molecular formula is C29H32ClFN2O2S. The Hall–Kier alpha value is -2.83. The van der Waals surface area contributed by atoms with Gasteiger partial charge in [0, 0.05) is 29.8 Å². The van der Waals surface area contributed by atoms with Crippen molar-refractivity contribution in [1.29, 1.82) is 0 Å². The first-order valence-electron chi connectivity index (χ1n) is 12.1. The van der Waals surface area contributed by atoms with E-state index in [4.69, 9.17) is 11.6 Å². The van der Waals surface area contributed by atoms with Crippen LogP contribution in [0.25, 0.3) is 0 Å². The second-order valence-electron chi connectivity index (χ2n) is 8.76. The quantitative estimate of drug-likeness (QED) is 0.303. The molecule has 0 aliphatic heterocycles. The molecule has 3 rings (SSSR count). The van der Waals surface area contributed by atoms with E-state index in [2.05, 4.69) is 5.32 Å². The highest BCUT2D eigenvalue weighted by Gasteiger charge is 2.31. The number of rotatable bonds is 12. The minimum Gasteiger partial charge on any atom is -0.352 e. The summed E-state index contributed by atoms with van der Waals surface area (Å²) in [7, 11) is 0. The largest absolute Gasteiger partial charge is 0.352 e. The first-order chi connectivity index (χ1) is 17.4. The number of thioether (sulfide) groups is 1. The summed E-state index contributed by atoms with van der Waals surface area (Å²) in [5, 5.41) is 3.62. The lowest BCUT2D eigenvalue weighted by Gasteiger charge is -2.32. The second-order valence-corrected chi connectivity index (χ2v) is 10.1. The number of carbonyl (C=O) groups is 2. The third-order valence-electron chi connectivity index (χ3n) is 5.98. The molecule has 0 saturated carbocycles. The number of amides is 2. The first-order valence-corrected chi connectivity index (χ1v) is 13.6. The van der Waals surface area contributed by atoms with Gasteiger partial charge in [0.15, 0.2) is 0 Å². The summed E-state index contributed by atoms with van der Waals surface area (Å²) in [5.74, 6) is 0.124. The van der Waals surface area contributed by atoms with E-state index in [1.165, 1.54) is 23.9 Å². The first kappa shape index (κ1) is 27.8. The maximum Gasteiger partial charge on any atom is 0.243 e. The van der Waals surface area contributed by atoms with Crippen LogP contribution in [0.2, 0.25) is 5.02 Å². The molecule has 0 aliphatic carbocycles. The molecule has 1 N–H and O–H groups in total. The highest BCUT2D eigenvalue weighted by atomic mass is 35.5. The molecule has 0 radical (unpaired) electrons. The fourth-order valence-electron chi connectivity index (χ4n) is 3.72. The van der Waals surface area contributed by atoms with Crippen molar-refractivity contribution in [3.63, 3.8) is 0 Å². The molecule has 0 bridgehead atoms. The summed E-state index contributed by atoms with van der Waals surface area (Å²) in [4.78, 5) is 28.7. The summed E-state index contributed by atoms with van der Waals surface area (Å²) < 4.78 is 13.2. The van der Waals surface area contributed by atoms with E-state index in [1.807, 2.05) is 62.4 Å². The van der Waals surface area contributed by atoms with Crippen molar-refractivity contribution in [2.45, 2.75) is 51.1 Å². The number of nitrogens with one attached hydrogen (secondary N) is 1. The van der Waals surface area contributed by atoms with Gasteiger partial charge in [0.1, 0.15) is 11.9 Å². The lowest BCUT2D eigenvalue weighted by molar-refractivity contribution is -0.139. The van der Waals surface area contributed by atoms with E-state index >= 15 is 0 Å². The van der Waals surface area contributed by atoms with Crippen LogP contribution in [0.3, 0.4) is 0 Å². The van der Waals surface area contributed by atoms with E-state index in [0.717, 1.165) is 23.1 Å². The molecule has 0 aliphatic rings. The lowest BCUT2D eigenvalue weighted by atomic mass is 10.0. The standard InChI is InChI=1S/C29H32ClFN2O2S/c1-3-21(2)32-29(35)27(17-22-9-5-4-6-10-22)33(18-24-11-7-8-12-26(24)30)28(34)20-36-19-23-13-15-25(31)16-14-23/h4-16,21,27H,3,17-20H2,1-2H3,(H,32,35)/t21-,27-/m0/s1. The number of halogens is 2.